The first-order chi connectivity index (χ1) is 8.60. The quantitative estimate of drug-likeness (QED) is 0.513. The molecule has 0 amide bonds. The fraction of sp³-hybridized carbons (Fsp3) is 0.700. The van der Waals surface area contributed by atoms with Crippen LogP contribution in [0.15, 0.2) is 0 Å². The molecular formula is C10H22N6O2. The van der Waals surface area contributed by atoms with Crippen LogP contribution in [0.4, 0.5) is 17.8 Å². The van der Waals surface area contributed by atoms with Gasteiger partial charge in [0.1, 0.15) is 0 Å². The molecule has 0 aliphatic rings. The lowest BCUT2D eigenvalue weighted by Gasteiger charge is -1.99. The van der Waals surface area contributed by atoms with Gasteiger partial charge in [0, 0.05) is 19.8 Å². The molecule has 18 heavy (non-hydrogen) atoms. The largest absolute Gasteiger partial charge is 0.396 e. The van der Waals surface area contributed by atoms with Crippen LogP contribution in [0.3, 0.4) is 0 Å². The average molecular weight is 258 g/mol. The third-order valence-corrected chi connectivity index (χ3v) is 1.78. The number of anilines is 3. The number of nitrogen functional groups attached to an aromatic ring is 3. The minimum atomic E-state index is 0.0417. The molecule has 0 spiro atoms. The van der Waals surface area contributed by atoms with E-state index in [1.54, 1.807) is 0 Å². The lowest BCUT2D eigenvalue weighted by molar-refractivity contribution is 0.114. The molecule has 0 bridgehead atoms. The van der Waals surface area contributed by atoms with E-state index in [0.717, 1.165) is 19.4 Å². The summed E-state index contributed by atoms with van der Waals surface area (Å²) in [4.78, 5) is 10.5. The van der Waals surface area contributed by atoms with E-state index < -0.39 is 0 Å². The minimum Gasteiger partial charge on any atom is -0.396 e. The van der Waals surface area contributed by atoms with E-state index in [1.807, 2.05) is 0 Å². The molecule has 0 atom stereocenters. The van der Waals surface area contributed by atoms with E-state index >= 15 is 0 Å². The number of nitrogens with two attached hydrogens (primary N) is 3. The highest BCUT2D eigenvalue weighted by Crippen LogP contribution is 1.97. The topological polar surface area (TPSA) is 146 Å². The fourth-order valence-corrected chi connectivity index (χ4v) is 0.942. The number of nitrogens with zero attached hydrogens (tertiary/aromatic N) is 3. The Morgan fingerprint density at radius 1 is 0.944 bits per heavy atom. The van der Waals surface area contributed by atoms with Gasteiger partial charge in [-0.3, -0.25) is 0 Å². The van der Waals surface area contributed by atoms with Gasteiger partial charge in [-0.05, 0) is 12.8 Å². The van der Waals surface area contributed by atoms with Crippen molar-refractivity contribution >= 4 is 17.8 Å². The van der Waals surface area contributed by atoms with Crippen LogP contribution in [0.25, 0.3) is 0 Å². The summed E-state index contributed by atoms with van der Waals surface area (Å²) in [6.07, 6.45) is 3.08. The van der Waals surface area contributed by atoms with Crippen molar-refractivity contribution in [3.63, 3.8) is 0 Å². The molecule has 0 saturated heterocycles. The van der Waals surface area contributed by atoms with Gasteiger partial charge < -0.3 is 27.0 Å². The Morgan fingerprint density at radius 3 is 1.78 bits per heavy atom. The second-order valence-electron chi connectivity index (χ2n) is 3.45. The van der Waals surface area contributed by atoms with E-state index in [0.29, 0.717) is 6.61 Å². The summed E-state index contributed by atoms with van der Waals surface area (Å²) in [7, 11) is 0. The van der Waals surface area contributed by atoms with E-state index in [4.69, 9.17) is 27.0 Å². The van der Waals surface area contributed by atoms with Crippen molar-refractivity contribution in [2.45, 2.75) is 26.2 Å². The number of aliphatic hydroxyl groups is 1. The van der Waals surface area contributed by atoms with E-state index in [9.17, 15) is 0 Å². The van der Waals surface area contributed by atoms with Gasteiger partial charge >= 0.3 is 0 Å². The van der Waals surface area contributed by atoms with Crippen molar-refractivity contribution in [3.05, 3.63) is 0 Å². The van der Waals surface area contributed by atoms with Gasteiger partial charge in [-0.2, -0.15) is 15.0 Å². The van der Waals surface area contributed by atoms with Crippen LogP contribution in [0, 0.1) is 0 Å². The zero-order valence-electron chi connectivity index (χ0n) is 10.7. The molecule has 0 saturated carbocycles. The van der Waals surface area contributed by atoms with Crippen LogP contribution in [0.5, 0.6) is 0 Å². The Morgan fingerprint density at radius 2 is 1.39 bits per heavy atom. The van der Waals surface area contributed by atoms with Crippen LogP contribution in [-0.4, -0.2) is 39.9 Å². The van der Waals surface area contributed by atoms with Crippen LogP contribution in [-0.2, 0) is 4.74 Å². The number of aromatic nitrogens is 3. The Bertz CT molecular complexity index is 267. The van der Waals surface area contributed by atoms with Gasteiger partial charge in [-0.1, -0.05) is 13.3 Å². The van der Waals surface area contributed by atoms with Crippen molar-refractivity contribution in [1.82, 2.24) is 15.0 Å². The summed E-state index contributed by atoms with van der Waals surface area (Å²) in [6, 6.07) is 0. The summed E-state index contributed by atoms with van der Waals surface area (Å²) in [6.45, 7) is 3.93. The number of rotatable bonds is 6. The van der Waals surface area contributed by atoms with Crippen molar-refractivity contribution in [3.8, 4) is 0 Å². The number of ether oxygens (including phenoxy) is 1. The lowest BCUT2D eigenvalue weighted by Crippen LogP contribution is -2.05. The van der Waals surface area contributed by atoms with E-state index in [-0.39, 0.29) is 24.5 Å². The van der Waals surface area contributed by atoms with Gasteiger partial charge in [-0.25, -0.2) is 0 Å². The molecule has 0 unspecified atom stereocenters. The second-order valence-corrected chi connectivity index (χ2v) is 3.45. The first kappa shape index (κ1) is 16.3. The lowest BCUT2D eigenvalue weighted by atomic mass is 10.4. The van der Waals surface area contributed by atoms with Gasteiger partial charge in [0.05, 0.1) is 0 Å². The average Bonchev–Trinajstić information content (AvgIpc) is 2.28. The summed E-state index contributed by atoms with van der Waals surface area (Å²) in [5, 5.41) is 8.34. The number of unbranched alkanes of at least 4 members (excludes halogenated alkanes) is 1. The number of hydrogen-bond acceptors (Lipinski definition) is 8. The molecule has 0 aliphatic heterocycles. The second kappa shape index (κ2) is 10.5. The summed E-state index contributed by atoms with van der Waals surface area (Å²) < 4.78 is 5.15. The molecular weight excluding hydrogens is 236 g/mol. The molecule has 1 aromatic rings. The maximum atomic E-state index is 8.34. The van der Waals surface area contributed by atoms with Crippen LogP contribution < -0.4 is 17.2 Å². The highest BCUT2D eigenvalue weighted by molar-refractivity contribution is 5.33. The minimum absolute atomic E-state index is 0.0417. The van der Waals surface area contributed by atoms with E-state index in [1.165, 1.54) is 6.42 Å². The maximum Gasteiger partial charge on any atom is 0.226 e. The zero-order chi connectivity index (χ0) is 13.8. The molecule has 8 nitrogen and oxygen atoms in total. The van der Waals surface area contributed by atoms with Crippen molar-refractivity contribution in [1.29, 1.82) is 0 Å². The molecule has 1 rings (SSSR count). The molecule has 0 aromatic carbocycles. The summed E-state index contributed by atoms with van der Waals surface area (Å²) in [5.41, 5.74) is 15.4. The monoisotopic (exact) mass is 258 g/mol. The molecule has 104 valence electrons. The van der Waals surface area contributed by atoms with Crippen LogP contribution in [0.1, 0.15) is 26.2 Å². The van der Waals surface area contributed by atoms with Gasteiger partial charge in [-0.15, -0.1) is 0 Å². The van der Waals surface area contributed by atoms with Gasteiger partial charge in [0.2, 0.25) is 17.8 Å². The van der Waals surface area contributed by atoms with E-state index in [2.05, 4.69) is 21.9 Å². The summed E-state index contributed by atoms with van der Waals surface area (Å²) >= 11 is 0. The predicted molar refractivity (Wildman–Crippen MR) is 70.5 cm³/mol. The molecule has 1 aromatic heterocycles. The Kier molecular flexibility index (Phi) is 9.51. The maximum absolute atomic E-state index is 8.34. The standard InChI is InChI=1S/C7H16O2.C3H6N6/c1-2-3-6-9-7-4-5-8;4-1-7-2(5)9-3(6)8-1/h8H,2-7H2,1H3;(H6,4,5,6,7,8,9). The van der Waals surface area contributed by atoms with Crippen molar-refractivity contribution < 1.29 is 9.84 Å². The number of hydrogen-bond donors (Lipinski definition) is 4. The molecule has 0 radical (unpaired) electrons. The SMILES string of the molecule is CCCCOCCCO.Nc1nc(N)nc(N)n1. The zero-order valence-corrected chi connectivity index (χ0v) is 10.7. The smallest absolute Gasteiger partial charge is 0.226 e. The normalized spacial score (nSPS) is 9.67. The first-order valence-corrected chi connectivity index (χ1v) is 5.81. The molecule has 8 heteroatoms. The predicted octanol–water partition coefficient (Wildman–Crippen LogP) is -0.196. The Labute approximate surface area is 107 Å². The van der Waals surface area contributed by atoms with Crippen LogP contribution in [0.2, 0.25) is 0 Å². The van der Waals surface area contributed by atoms with Crippen LogP contribution >= 0.6 is 0 Å². The van der Waals surface area contributed by atoms with Gasteiger partial charge in [0.15, 0.2) is 0 Å². The molecule has 0 fully saturated rings. The first-order valence-electron chi connectivity index (χ1n) is 5.81. The third-order valence-electron chi connectivity index (χ3n) is 1.78. The summed E-state index contributed by atoms with van der Waals surface area (Å²) in [5.74, 6) is 0.125. The number of aliphatic hydroxyl groups excluding tert-OH is 1. The third kappa shape index (κ3) is 9.55. The fourth-order valence-electron chi connectivity index (χ4n) is 0.942. The van der Waals surface area contributed by atoms with Gasteiger partial charge in [0.25, 0.3) is 0 Å². The van der Waals surface area contributed by atoms with Crippen molar-refractivity contribution in [2.75, 3.05) is 37.0 Å². The van der Waals surface area contributed by atoms with Crippen molar-refractivity contribution in [2.24, 2.45) is 0 Å². The molecule has 7 N–H and O–H groups in total. The highest BCUT2D eigenvalue weighted by Gasteiger charge is 1.93. The Balaban J connectivity index is 0.000000321. The molecule has 1 heterocycles. The Hall–Kier alpha value is -1.67. The molecule has 0 aliphatic carbocycles. The highest BCUT2D eigenvalue weighted by atomic mass is 16.5.